The number of H-pyrrole nitrogens is 1. The van der Waals surface area contributed by atoms with Crippen molar-refractivity contribution in [1.29, 1.82) is 0 Å². The van der Waals surface area contributed by atoms with Crippen molar-refractivity contribution in [2.45, 2.75) is 12.8 Å². The molecule has 5 nitrogen and oxygen atoms in total. The third-order valence-corrected chi connectivity index (χ3v) is 5.25. The molecule has 0 saturated carbocycles. The standard InChI is InChI=1S/C22H25N3O2.ClH/c1-27-17-8-6-16(7-9-17)22-19(18-4-2-3-5-20(18)24-22)10-11-21(26)25-14-12-23-13-15-25;/h2-9,23-24H,10-15H2,1H3;1H. The number of rotatable bonds is 5. The van der Waals surface area contributed by atoms with E-state index in [1.165, 1.54) is 10.9 Å². The van der Waals surface area contributed by atoms with Crippen LogP contribution in [0.4, 0.5) is 0 Å². The number of hydrogen-bond donors (Lipinski definition) is 2. The van der Waals surface area contributed by atoms with Crippen molar-refractivity contribution in [2.24, 2.45) is 0 Å². The number of nitrogens with zero attached hydrogens (tertiary/aromatic N) is 1. The molecule has 1 aliphatic heterocycles. The highest BCUT2D eigenvalue weighted by molar-refractivity contribution is 5.91. The van der Waals surface area contributed by atoms with Crippen LogP contribution in [0, 0.1) is 0 Å². The molecule has 2 heterocycles. The summed E-state index contributed by atoms with van der Waals surface area (Å²) in [5, 5.41) is 4.49. The second-order valence-electron chi connectivity index (χ2n) is 6.88. The molecule has 0 bridgehead atoms. The van der Waals surface area contributed by atoms with Crippen molar-refractivity contribution in [3.05, 3.63) is 54.1 Å². The number of nitrogens with one attached hydrogen (secondary N) is 2. The minimum atomic E-state index is 0. The Hall–Kier alpha value is -2.50. The van der Waals surface area contributed by atoms with Gasteiger partial charge < -0.3 is 19.9 Å². The number of carbonyl (C=O) groups is 1. The van der Waals surface area contributed by atoms with E-state index < -0.39 is 0 Å². The number of aromatic amines is 1. The maximum Gasteiger partial charge on any atom is 0.222 e. The topological polar surface area (TPSA) is 57.4 Å². The fourth-order valence-corrected chi connectivity index (χ4v) is 3.77. The Morgan fingerprint density at radius 1 is 1.07 bits per heavy atom. The van der Waals surface area contributed by atoms with Gasteiger partial charge in [0.1, 0.15) is 5.75 Å². The second-order valence-corrected chi connectivity index (χ2v) is 6.88. The van der Waals surface area contributed by atoms with Crippen LogP contribution >= 0.6 is 12.4 Å². The van der Waals surface area contributed by atoms with Crippen molar-refractivity contribution in [1.82, 2.24) is 15.2 Å². The van der Waals surface area contributed by atoms with E-state index in [1.54, 1.807) is 7.11 Å². The van der Waals surface area contributed by atoms with Crippen LogP contribution in [0.5, 0.6) is 5.75 Å². The van der Waals surface area contributed by atoms with Gasteiger partial charge in [-0.05, 0) is 47.9 Å². The second kappa shape index (κ2) is 9.13. The van der Waals surface area contributed by atoms with Crippen LogP contribution < -0.4 is 10.1 Å². The molecule has 0 aliphatic carbocycles. The van der Waals surface area contributed by atoms with E-state index in [0.29, 0.717) is 6.42 Å². The number of benzene rings is 2. The number of halogens is 1. The van der Waals surface area contributed by atoms with Crippen molar-refractivity contribution in [3.63, 3.8) is 0 Å². The van der Waals surface area contributed by atoms with E-state index in [4.69, 9.17) is 4.74 Å². The monoisotopic (exact) mass is 399 g/mol. The molecule has 28 heavy (non-hydrogen) atoms. The van der Waals surface area contributed by atoms with Gasteiger partial charge in [-0.2, -0.15) is 0 Å². The average Bonchev–Trinajstić information content (AvgIpc) is 3.11. The zero-order valence-corrected chi connectivity index (χ0v) is 16.8. The Kier molecular flexibility index (Phi) is 6.60. The summed E-state index contributed by atoms with van der Waals surface area (Å²) in [6.07, 6.45) is 1.26. The van der Waals surface area contributed by atoms with Gasteiger partial charge in [-0.1, -0.05) is 18.2 Å². The van der Waals surface area contributed by atoms with Gasteiger partial charge in [0.25, 0.3) is 0 Å². The molecule has 1 amide bonds. The maximum atomic E-state index is 12.6. The predicted molar refractivity (Wildman–Crippen MR) is 115 cm³/mol. The lowest BCUT2D eigenvalue weighted by molar-refractivity contribution is -0.131. The first-order valence-electron chi connectivity index (χ1n) is 9.49. The van der Waals surface area contributed by atoms with E-state index in [2.05, 4.69) is 40.6 Å². The van der Waals surface area contributed by atoms with E-state index >= 15 is 0 Å². The summed E-state index contributed by atoms with van der Waals surface area (Å²) in [6.45, 7) is 3.38. The first-order valence-corrected chi connectivity index (χ1v) is 9.49. The highest BCUT2D eigenvalue weighted by Gasteiger charge is 2.19. The van der Waals surface area contributed by atoms with E-state index in [9.17, 15) is 4.79 Å². The zero-order chi connectivity index (χ0) is 18.6. The Morgan fingerprint density at radius 3 is 2.50 bits per heavy atom. The van der Waals surface area contributed by atoms with Gasteiger partial charge in [-0.25, -0.2) is 0 Å². The average molecular weight is 400 g/mol. The third kappa shape index (κ3) is 4.16. The van der Waals surface area contributed by atoms with E-state index in [0.717, 1.165) is 55.1 Å². The molecular formula is C22H26ClN3O2. The highest BCUT2D eigenvalue weighted by atomic mass is 35.5. The molecule has 4 rings (SSSR count). The van der Waals surface area contributed by atoms with Crippen molar-refractivity contribution < 1.29 is 9.53 Å². The number of hydrogen-bond acceptors (Lipinski definition) is 3. The normalized spacial score (nSPS) is 14.0. The van der Waals surface area contributed by atoms with Crippen molar-refractivity contribution in [2.75, 3.05) is 33.3 Å². The fraction of sp³-hybridized carbons (Fsp3) is 0.318. The van der Waals surface area contributed by atoms with Gasteiger partial charge in [-0.3, -0.25) is 4.79 Å². The number of aromatic nitrogens is 1. The number of fused-ring (bicyclic) bond motifs is 1. The van der Waals surface area contributed by atoms with Crippen molar-refractivity contribution in [3.8, 4) is 17.0 Å². The molecule has 0 unspecified atom stereocenters. The molecule has 2 aromatic carbocycles. The Labute approximate surface area is 171 Å². The molecule has 0 radical (unpaired) electrons. The number of para-hydroxylation sites is 1. The molecule has 0 spiro atoms. The first-order chi connectivity index (χ1) is 13.3. The van der Waals surface area contributed by atoms with Crippen LogP contribution in [-0.2, 0) is 11.2 Å². The van der Waals surface area contributed by atoms with Crippen molar-refractivity contribution >= 4 is 29.2 Å². The van der Waals surface area contributed by atoms with Gasteiger partial charge in [-0.15, -0.1) is 12.4 Å². The molecule has 1 aromatic heterocycles. The van der Waals surface area contributed by atoms with Crippen LogP contribution in [0.1, 0.15) is 12.0 Å². The Bertz CT molecular complexity index is 931. The summed E-state index contributed by atoms with van der Waals surface area (Å²) >= 11 is 0. The summed E-state index contributed by atoms with van der Waals surface area (Å²) in [6, 6.07) is 16.4. The lowest BCUT2D eigenvalue weighted by Gasteiger charge is -2.27. The smallest absolute Gasteiger partial charge is 0.222 e. The van der Waals surface area contributed by atoms with Gasteiger partial charge in [0.2, 0.25) is 5.91 Å². The summed E-state index contributed by atoms with van der Waals surface area (Å²) in [7, 11) is 1.67. The predicted octanol–water partition coefficient (Wildman–Crippen LogP) is 3.63. The molecule has 6 heteroatoms. The van der Waals surface area contributed by atoms with Crippen LogP contribution in [0.25, 0.3) is 22.2 Å². The molecular weight excluding hydrogens is 374 g/mol. The van der Waals surface area contributed by atoms with Crippen LogP contribution in [0.3, 0.4) is 0 Å². The largest absolute Gasteiger partial charge is 0.497 e. The fourth-order valence-electron chi connectivity index (χ4n) is 3.77. The molecule has 2 N–H and O–H groups in total. The molecule has 1 aliphatic rings. The molecule has 1 fully saturated rings. The number of methoxy groups -OCH3 is 1. The molecule has 148 valence electrons. The highest BCUT2D eigenvalue weighted by Crippen LogP contribution is 2.32. The first kappa shape index (κ1) is 20.2. The van der Waals surface area contributed by atoms with Gasteiger partial charge in [0.05, 0.1) is 7.11 Å². The van der Waals surface area contributed by atoms with Crippen LogP contribution in [0.2, 0.25) is 0 Å². The summed E-state index contributed by atoms with van der Waals surface area (Å²) in [5.41, 5.74) is 4.51. The van der Waals surface area contributed by atoms with E-state index in [-0.39, 0.29) is 18.3 Å². The summed E-state index contributed by atoms with van der Waals surface area (Å²) in [5.74, 6) is 1.08. The Balaban J connectivity index is 0.00000225. The lowest BCUT2D eigenvalue weighted by Crippen LogP contribution is -2.46. The van der Waals surface area contributed by atoms with Crippen LogP contribution in [0.15, 0.2) is 48.5 Å². The third-order valence-electron chi connectivity index (χ3n) is 5.25. The van der Waals surface area contributed by atoms with Crippen LogP contribution in [-0.4, -0.2) is 49.1 Å². The molecule has 0 atom stereocenters. The minimum absolute atomic E-state index is 0. The number of carbonyl (C=O) groups excluding carboxylic acids is 1. The SMILES string of the molecule is COc1ccc(-c2[nH]c3ccccc3c2CCC(=O)N2CCNCC2)cc1.Cl. The van der Waals surface area contributed by atoms with Gasteiger partial charge >= 0.3 is 0 Å². The lowest BCUT2D eigenvalue weighted by atomic mass is 10.0. The summed E-state index contributed by atoms with van der Waals surface area (Å²) < 4.78 is 5.27. The number of amides is 1. The number of aryl methyl sites for hydroxylation is 1. The maximum absolute atomic E-state index is 12.6. The number of piperazine rings is 1. The molecule has 3 aromatic rings. The quantitative estimate of drug-likeness (QED) is 0.688. The summed E-state index contributed by atoms with van der Waals surface area (Å²) in [4.78, 5) is 18.1. The minimum Gasteiger partial charge on any atom is -0.497 e. The molecule has 1 saturated heterocycles. The van der Waals surface area contributed by atoms with Gasteiger partial charge in [0.15, 0.2) is 0 Å². The van der Waals surface area contributed by atoms with Gasteiger partial charge in [0, 0.05) is 49.2 Å². The van der Waals surface area contributed by atoms with E-state index in [1.807, 2.05) is 23.1 Å². The Morgan fingerprint density at radius 2 is 1.79 bits per heavy atom. The number of ether oxygens (including phenoxy) is 1. The zero-order valence-electron chi connectivity index (χ0n) is 16.0.